The van der Waals surface area contributed by atoms with E-state index in [1.54, 1.807) is 0 Å². The number of ether oxygens (including phenoxy) is 2. The summed E-state index contributed by atoms with van der Waals surface area (Å²) in [6, 6.07) is 0.196. The molecule has 242 valence electrons. The van der Waals surface area contributed by atoms with Crippen LogP contribution in [0, 0.1) is 0 Å². The lowest BCUT2D eigenvalue weighted by Gasteiger charge is -2.33. The molecular formula is C21H32N4O16P2. The van der Waals surface area contributed by atoms with E-state index in [9.17, 15) is 53.8 Å². The van der Waals surface area contributed by atoms with Gasteiger partial charge in [0.1, 0.15) is 36.3 Å². The molecule has 2 aliphatic rings. The van der Waals surface area contributed by atoms with E-state index in [0.717, 1.165) is 23.8 Å². The van der Waals surface area contributed by atoms with Crippen LogP contribution in [-0.2, 0) is 32.4 Å². The van der Waals surface area contributed by atoms with Crippen LogP contribution >= 0.6 is 15.4 Å². The fourth-order valence-electron chi connectivity index (χ4n) is 4.06. The highest BCUT2D eigenvalue weighted by Crippen LogP contribution is 2.57. The predicted molar refractivity (Wildman–Crippen MR) is 140 cm³/mol. The topological polar surface area (TPSA) is 323 Å². The van der Waals surface area contributed by atoms with Gasteiger partial charge in [0.05, 0.1) is 25.4 Å². The zero-order valence-corrected chi connectivity index (χ0v) is 24.0. The second-order valence-corrected chi connectivity index (χ2v) is 12.3. The number of nitrogens with one attached hydrogen (secondary N) is 1. The van der Waals surface area contributed by atoms with E-state index in [-0.39, 0.29) is 5.82 Å². The van der Waals surface area contributed by atoms with Gasteiger partial charge >= 0.3 is 21.1 Å². The third-order valence-corrected chi connectivity index (χ3v) is 8.02. The van der Waals surface area contributed by atoms with Gasteiger partial charge in [-0.2, -0.15) is 4.98 Å². The smallest absolute Gasteiger partial charge is 0.484 e. The molecule has 43 heavy (non-hydrogen) atoms. The molecule has 1 saturated heterocycles. The predicted octanol–water partition coefficient (Wildman–Crippen LogP) is -3.51. The van der Waals surface area contributed by atoms with Crippen LogP contribution in [0.3, 0.4) is 0 Å². The average molecular weight is 658 g/mol. The zero-order valence-electron chi connectivity index (χ0n) is 22.3. The summed E-state index contributed by atoms with van der Waals surface area (Å²) in [5, 5.41) is 52.0. The molecule has 22 heteroatoms. The molecule has 3 rings (SSSR count). The number of aliphatic hydroxyl groups excluding tert-OH is 5. The minimum Gasteiger partial charge on any atom is -0.484 e. The van der Waals surface area contributed by atoms with Crippen molar-refractivity contribution in [1.82, 2.24) is 14.9 Å². The number of phosphoric ester groups is 1. The van der Waals surface area contributed by atoms with Crippen molar-refractivity contribution in [2.75, 3.05) is 18.9 Å². The van der Waals surface area contributed by atoms with Crippen molar-refractivity contribution < 1.29 is 72.7 Å². The van der Waals surface area contributed by atoms with Gasteiger partial charge in [0.25, 0.3) is 5.50 Å². The Morgan fingerprint density at radius 3 is 2.44 bits per heavy atom. The number of amides is 1. The first-order valence-corrected chi connectivity index (χ1v) is 15.5. The van der Waals surface area contributed by atoms with Crippen molar-refractivity contribution in [2.24, 2.45) is 0 Å². The summed E-state index contributed by atoms with van der Waals surface area (Å²) < 4.78 is 46.0. The largest absolute Gasteiger partial charge is 0.527 e. The number of carbonyl (C=O) groups is 1. The van der Waals surface area contributed by atoms with Gasteiger partial charge in [0.15, 0.2) is 12.0 Å². The van der Waals surface area contributed by atoms with Crippen LogP contribution in [0.5, 0.6) is 0 Å². The Morgan fingerprint density at radius 2 is 1.86 bits per heavy atom. The van der Waals surface area contributed by atoms with Crippen molar-refractivity contribution in [3.63, 3.8) is 0 Å². The number of anilines is 1. The van der Waals surface area contributed by atoms with E-state index in [1.807, 2.05) is 0 Å². The molecule has 0 aliphatic carbocycles. The van der Waals surface area contributed by atoms with E-state index in [2.05, 4.69) is 14.8 Å². The summed E-state index contributed by atoms with van der Waals surface area (Å²) in [7, 11) is -11.0. The quantitative estimate of drug-likeness (QED) is 0.0768. The molecule has 1 fully saturated rings. The van der Waals surface area contributed by atoms with E-state index in [0.29, 0.717) is 0 Å². The molecule has 1 aromatic heterocycles. The number of allylic oxidation sites excluding steroid dienone is 1. The number of nitrogens with two attached hydrogens (primary N) is 1. The van der Waals surface area contributed by atoms with Gasteiger partial charge in [-0.1, -0.05) is 6.08 Å². The lowest BCUT2D eigenvalue weighted by Crippen LogP contribution is -2.47. The van der Waals surface area contributed by atoms with Gasteiger partial charge in [-0.15, -0.1) is 0 Å². The van der Waals surface area contributed by atoms with Crippen molar-refractivity contribution >= 4 is 27.1 Å². The number of aromatic nitrogens is 2. The first-order chi connectivity index (χ1) is 19.9. The molecule has 0 aromatic carbocycles. The fraction of sp³-hybridized carbons (Fsp3) is 0.571. The number of nitrogens with zero attached hydrogens (tertiary/aromatic N) is 2. The van der Waals surface area contributed by atoms with Crippen LogP contribution in [0.4, 0.5) is 5.82 Å². The van der Waals surface area contributed by atoms with Gasteiger partial charge < -0.3 is 60.4 Å². The molecule has 9 atom stereocenters. The summed E-state index contributed by atoms with van der Waals surface area (Å²) in [5.74, 6) is -1.49. The molecule has 20 nitrogen and oxygen atoms in total. The highest BCUT2D eigenvalue weighted by atomic mass is 31.2. The van der Waals surface area contributed by atoms with Gasteiger partial charge in [-0.05, 0) is 12.1 Å². The van der Waals surface area contributed by atoms with Crippen LogP contribution in [0.1, 0.15) is 19.6 Å². The third-order valence-electron chi connectivity index (χ3n) is 6.15. The Morgan fingerprint density at radius 1 is 1.19 bits per heavy atom. The molecule has 2 aliphatic heterocycles. The molecule has 0 radical (unpaired) electrons. The third kappa shape index (κ3) is 8.91. The second-order valence-electron chi connectivity index (χ2n) is 9.45. The molecule has 1 amide bonds. The second kappa shape index (κ2) is 13.9. The molecule has 1 aromatic rings. The van der Waals surface area contributed by atoms with Crippen LogP contribution in [-0.4, -0.2) is 112 Å². The monoisotopic (exact) mass is 658 g/mol. The Kier molecular flexibility index (Phi) is 11.3. The minimum atomic E-state index is -5.55. The maximum absolute atomic E-state index is 12.7. The van der Waals surface area contributed by atoms with E-state index < -0.39 is 107 Å². The van der Waals surface area contributed by atoms with E-state index >= 15 is 0 Å². The first-order valence-electron chi connectivity index (χ1n) is 12.4. The number of rotatable bonds is 12. The van der Waals surface area contributed by atoms with Gasteiger partial charge in [-0.3, -0.25) is 23.3 Å². The van der Waals surface area contributed by atoms with Crippen molar-refractivity contribution in [3.05, 3.63) is 46.2 Å². The highest BCUT2D eigenvalue weighted by molar-refractivity contribution is 7.57. The van der Waals surface area contributed by atoms with E-state index in [4.69, 9.17) is 24.8 Å². The van der Waals surface area contributed by atoms with Crippen LogP contribution in [0.15, 0.2) is 40.5 Å². The SMILES string of the molecule is CC(=O)N[C@@H]1C=C/C(=C(\OP(=O)(O)OC[C@H]2O[C@@H](n3ccc(N)nc3=O)[C@H](O)[C@@H]2O)P(=O)(O)O)O[C@H]1C[C@H](O)[C@H](O)CO. The fourth-order valence-corrected chi connectivity index (χ4v) is 5.91. The standard InChI is InChI=1S/C21H32N4O16P2/c1-9(27)23-10-2-3-13(39-14(10)6-11(28)12(29)7-26)20(42(33,34)35)41-43(36,37)38-8-15-17(30)18(31)19(40-15)25-5-4-16(22)24-21(25)32/h2-5,10-12,14-15,17-19,26,28-31H,6-8H2,1H3,(H,23,27)(H,36,37)(H2,22,24,32)(H2,33,34,35)/b20-13-/t10-,11+,12-,14+,15-,17-,18-,19-/m1/s1. The van der Waals surface area contributed by atoms with Crippen molar-refractivity contribution in [2.45, 2.75) is 62.2 Å². The molecule has 0 saturated carbocycles. The summed E-state index contributed by atoms with van der Waals surface area (Å²) >= 11 is 0. The average Bonchev–Trinajstić information content (AvgIpc) is 3.19. The van der Waals surface area contributed by atoms with E-state index in [1.165, 1.54) is 12.1 Å². The molecule has 3 heterocycles. The van der Waals surface area contributed by atoms with Crippen LogP contribution in [0.25, 0.3) is 0 Å². The van der Waals surface area contributed by atoms with Gasteiger partial charge in [0, 0.05) is 19.5 Å². The molecule has 11 N–H and O–H groups in total. The lowest BCUT2D eigenvalue weighted by atomic mass is 9.98. The number of carbonyl (C=O) groups excluding carboxylic acids is 1. The van der Waals surface area contributed by atoms with Crippen molar-refractivity contribution in [3.8, 4) is 0 Å². The molecule has 0 bridgehead atoms. The Labute approximate surface area is 242 Å². The van der Waals surface area contributed by atoms with Crippen LogP contribution in [0.2, 0.25) is 0 Å². The van der Waals surface area contributed by atoms with Gasteiger partial charge in [0.2, 0.25) is 5.91 Å². The molecule has 0 spiro atoms. The number of nitrogen functional groups attached to an aromatic ring is 1. The molecule has 1 unspecified atom stereocenters. The van der Waals surface area contributed by atoms with Crippen molar-refractivity contribution in [1.29, 1.82) is 0 Å². The van der Waals surface area contributed by atoms with Gasteiger partial charge in [-0.25, -0.2) is 9.36 Å². The summed E-state index contributed by atoms with van der Waals surface area (Å²) in [5.41, 5.74) is 3.00. The lowest BCUT2D eigenvalue weighted by molar-refractivity contribution is -0.120. The minimum absolute atomic E-state index is 0.129. The Balaban J connectivity index is 1.80. The normalized spacial score (nSPS) is 29.7. The summed E-state index contributed by atoms with van der Waals surface area (Å²) in [6.45, 7) is -0.682. The number of aliphatic hydroxyl groups is 5. The number of hydrogen-bond donors (Lipinski definition) is 10. The maximum atomic E-state index is 12.7. The molecular weight excluding hydrogens is 626 g/mol. The highest BCUT2D eigenvalue weighted by Gasteiger charge is 2.46. The Bertz CT molecular complexity index is 1380. The first kappa shape index (κ1) is 34.8. The number of hydrogen-bond acceptors (Lipinski definition) is 15. The van der Waals surface area contributed by atoms with Crippen LogP contribution < -0.4 is 16.7 Å². The maximum Gasteiger partial charge on any atom is 0.527 e. The Hall–Kier alpha value is -2.71. The summed E-state index contributed by atoms with van der Waals surface area (Å²) in [6.07, 6.45) is -8.44. The summed E-state index contributed by atoms with van der Waals surface area (Å²) in [4.78, 5) is 57.1. The zero-order chi connectivity index (χ0) is 32.3. The number of phosphoric acid groups is 1.